The van der Waals surface area contributed by atoms with Gasteiger partial charge in [-0.2, -0.15) is 4.31 Å². The third kappa shape index (κ3) is 4.70. The normalized spacial score (nSPS) is 17.9. The molecule has 10 heteroatoms. The molecule has 1 N–H and O–H groups in total. The Hall–Kier alpha value is -2.17. The number of benzene rings is 1. The second-order valence-corrected chi connectivity index (χ2v) is 10.8. The Bertz CT molecular complexity index is 1060. The zero-order valence-corrected chi connectivity index (χ0v) is 19.4. The van der Waals surface area contributed by atoms with Crippen molar-refractivity contribution in [2.24, 2.45) is 5.92 Å². The third-order valence-electron chi connectivity index (χ3n) is 5.64. The van der Waals surface area contributed by atoms with E-state index in [1.807, 2.05) is 13.8 Å². The Labute approximate surface area is 186 Å². The van der Waals surface area contributed by atoms with Gasteiger partial charge in [0.25, 0.3) is 0 Å². The van der Waals surface area contributed by atoms with Gasteiger partial charge in [0.15, 0.2) is 16.6 Å². The van der Waals surface area contributed by atoms with Crippen LogP contribution in [0.15, 0.2) is 23.1 Å². The predicted molar refractivity (Wildman–Crippen MR) is 118 cm³/mol. The lowest BCUT2D eigenvalue weighted by Gasteiger charge is -2.30. The highest BCUT2D eigenvalue weighted by molar-refractivity contribution is 7.89. The summed E-state index contributed by atoms with van der Waals surface area (Å²) >= 11 is 1.47. The smallest absolute Gasteiger partial charge is 0.243 e. The number of carbonyl (C=O) groups excluding carboxylic acids is 1. The van der Waals surface area contributed by atoms with E-state index in [1.165, 1.54) is 21.7 Å². The Morgan fingerprint density at radius 1 is 1.23 bits per heavy atom. The first-order valence-electron chi connectivity index (χ1n) is 10.6. The minimum absolute atomic E-state index is 0.0935. The number of ether oxygens (including phenoxy) is 2. The molecule has 0 bridgehead atoms. The van der Waals surface area contributed by atoms with Gasteiger partial charge in [-0.15, -0.1) is 11.3 Å². The molecule has 168 valence electrons. The summed E-state index contributed by atoms with van der Waals surface area (Å²) < 4.78 is 38.9. The quantitative estimate of drug-likeness (QED) is 0.728. The van der Waals surface area contributed by atoms with Crippen LogP contribution in [0.1, 0.15) is 36.8 Å². The van der Waals surface area contributed by atoms with E-state index in [-0.39, 0.29) is 16.7 Å². The number of anilines is 1. The van der Waals surface area contributed by atoms with E-state index >= 15 is 0 Å². The average Bonchev–Trinajstić information content (AvgIpc) is 2.97. The van der Waals surface area contributed by atoms with E-state index in [1.54, 1.807) is 12.1 Å². The molecule has 0 radical (unpaired) electrons. The molecule has 2 aliphatic rings. The molecule has 0 saturated carbocycles. The summed E-state index contributed by atoms with van der Waals surface area (Å²) in [4.78, 5) is 18.4. The molecule has 2 aliphatic heterocycles. The molecule has 1 amide bonds. The van der Waals surface area contributed by atoms with E-state index in [4.69, 9.17) is 9.47 Å². The summed E-state index contributed by atoms with van der Waals surface area (Å²) in [7, 11) is -3.67. The molecular weight excluding hydrogens is 438 g/mol. The summed E-state index contributed by atoms with van der Waals surface area (Å²) in [6, 6.07) is 4.73. The fourth-order valence-corrected chi connectivity index (χ4v) is 6.22. The third-order valence-corrected chi connectivity index (χ3v) is 8.46. The lowest BCUT2D eigenvalue weighted by Crippen LogP contribution is -2.41. The van der Waals surface area contributed by atoms with Gasteiger partial charge in [-0.05, 0) is 38.3 Å². The number of sulfonamides is 1. The van der Waals surface area contributed by atoms with Crippen LogP contribution in [0.3, 0.4) is 0 Å². The lowest BCUT2D eigenvalue weighted by atomic mass is 9.97. The van der Waals surface area contributed by atoms with Crippen molar-refractivity contribution in [3.8, 4) is 11.5 Å². The maximum Gasteiger partial charge on any atom is 0.243 e. The number of hydrogen-bond donors (Lipinski definition) is 1. The van der Waals surface area contributed by atoms with Crippen LogP contribution >= 0.6 is 11.3 Å². The maximum atomic E-state index is 13.1. The molecule has 31 heavy (non-hydrogen) atoms. The molecule has 0 atom stereocenters. The van der Waals surface area contributed by atoms with Gasteiger partial charge in [0, 0.05) is 36.4 Å². The van der Waals surface area contributed by atoms with Crippen LogP contribution < -0.4 is 14.8 Å². The second kappa shape index (κ2) is 9.13. The van der Waals surface area contributed by atoms with Crippen LogP contribution in [0.4, 0.5) is 5.13 Å². The highest BCUT2D eigenvalue weighted by Crippen LogP contribution is 2.34. The minimum atomic E-state index is -3.67. The molecule has 0 unspecified atom stereocenters. The van der Waals surface area contributed by atoms with Crippen molar-refractivity contribution < 1.29 is 22.7 Å². The van der Waals surface area contributed by atoms with Crippen molar-refractivity contribution in [2.45, 2.75) is 44.4 Å². The summed E-state index contributed by atoms with van der Waals surface area (Å²) in [5.74, 6) is 0.696. The van der Waals surface area contributed by atoms with E-state index in [0.29, 0.717) is 55.8 Å². The fraction of sp³-hybridized carbons (Fsp3) is 0.524. The average molecular weight is 466 g/mol. The number of nitrogens with zero attached hydrogens (tertiary/aromatic N) is 2. The van der Waals surface area contributed by atoms with Crippen LogP contribution in [0, 0.1) is 12.8 Å². The number of amides is 1. The number of fused-ring (bicyclic) bond motifs is 1. The van der Waals surface area contributed by atoms with Crippen LogP contribution in [0.25, 0.3) is 0 Å². The number of hydrogen-bond acceptors (Lipinski definition) is 7. The SMILES string of the molecule is CCc1nc(NC(=O)C2CCN(S(=O)(=O)c3ccc4c(c3)OCCCO4)CC2)sc1C. The number of carbonyl (C=O) groups is 1. The second-order valence-electron chi connectivity index (χ2n) is 7.70. The number of aryl methyl sites for hydroxylation is 2. The maximum absolute atomic E-state index is 13.1. The monoisotopic (exact) mass is 465 g/mol. The molecule has 0 spiro atoms. The van der Waals surface area contributed by atoms with Crippen LogP contribution in [0.5, 0.6) is 11.5 Å². The topological polar surface area (TPSA) is 97.8 Å². The van der Waals surface area contributed by atoms with Gasteiger partial charge in [-0.1, -0.05) is 6.92 Å². The Balaban J connectivity index is 1.39. The predicted octanol–water partition coefficient (Wildman–Crippen LogP) is 3.21. The van der Waals surface area contributed by atoms with Gasteiger partial charge in [-0.3, -0.25) is 4.79 Å². The van der Waals surface area contributed by atoms with E-state index in [9.17, 15) is 13.2 Å². The molecule has 4 rings (SSSR count). The zero-order chi connectivity index (χ0) is 22.0. The van der Waals surface area contributed by atoms with Gasteiger partial charge in [0.05, 0.1) is 23.8 Å². The Morgan fingerprint density at radius 3 is 2.61 bits per heavy atom. The van der Waals surface area contributed by atoms with Crippen molar-refractivity contribution in [3.05, 3.63) is 28.8 Å². The summed E-state index contributed by atoms with van der Waals surface area (Å²) in [6.45, 7) is 5.67. The molecular formula is C21H27N3O5S2. The van der Waals surface area contributed by atoms with Gasteiger partial charge in [0.1, 0.15) is 0 Å². The number of piperidine rings is 1. The summed E-state index contributed by atoms with van der Waals surface area (Å²) in [5, 5.41) is 3.52. The van der Waals surface area contributed by atoms with Crippen molar-refractivity contribution in [2.75, 3.05) is 31.6 Å². The molecule has 8 nitrogen and oxygen atoms in total. The van der Waals surface area contributed by atoms with E-state index in [0.717, 1.165) is 23.4 Å². The molecule has 3 heterocycles. The molecule has 1 aromatic carbocycles. The largest absolute Gasteiger partial charge is 0.490 e. The first-order valence-corrected chi connectivity index (χ1v) is 12.8. The fourth-order valence-electron chi connectivity index (χ4n) is 3.83. The van der Waals surface area contributed by atoms with Crippen molar-refractivity contribution in [3.63, 3.8) is 0 Å². The van der Waals surface area contributed by atoms with Crippen LogP contribution in [-0.4, -0.2) is 49.9 Å². The molecule has 0 aliphatic carbocycles. The minimum Gasteiger partial charge on any atom is -0.490 e. The number of aromatic nitrogens is 1. The zero-order valence-electron chi connectivity index (χ0n) is 17.7. The van der Waals surface area contributed by atoms with E-state index in [2.05, 4.69) is 10.3 Å². The highest BCUT2D eigenvalue weighted by Gasteiger charge is 2.33. The first-order chi connectivity index (χ1) is 14.9. The molecule has 1 saturated heterocycles. The molecule has 1 aromatic heterocycles. The summed E-state index contributed by atoms with van der Waals surface area (Å²) in [6.07, 6.45) is 2.53. The number of rotatable bonds is 5. The number of thiazole rings is 1. The van der Waals surface area contributed by atoms with Crippen LogP contribution in [-0.2, 0) is 21.2 Å². The summed E-state index contributed by atoms with van der Waals surface area (Å²) in [5.41, 5.74) is 0.997. The lowest BCUT2D eigenvalue weighted by molar-refractivity contribution is -0.120. The van der Waals surface area contributed by atoms with Gasteiger partial charge in [-0.25, -0.2) is 13.4 Å². The van der Waals surface area contributed by atoms with E-state index < -0.39 is 10.0 Å². The Kier molecular flexibility index (Phi) is 6.49. The van der Waals surface area contributed by atoms with Gasteiger partial charge >= 0.3 is 0 Å². The first kappa shape index (κ1) is 22.0. The van der Waals surface area contributed by atoms with Gasteiger partial charge < -0.3 is 14.8 Å². The molecule has 2 aromatic rings. The Morgan fingerprint density at radius 2 is 1.94 bits per heavy atom. The van der Waals surface area contributed by atoms with Crippen molar-refractivity contribution >= 4 is 32.4 Å². The molecule has 1 fully saturated rings. The standard InChI is InChI=1S/C21H27N3O5S2/c1-3-17-14(2)30-21(22-17)23-20(25)15-7-9-24(10-8-15)31(26,27)16-5-6-18-19(13-16)29-12-4-11-28-18/h5-6,13,15H,3-4,7-12H2,1-2H3,(H,22,23,25). The van der Waals surface area contributed by atoms with Crippen LogP contribution in [0.2, 0.25) is 0 Å². The van der Waals surface area contributed by atoms with Gasteiger partial charge in [0.2, 0.25) is 15.9 Å². The van der Waals surface area contributed by atoms with Crippen molar-refractivity contribution in [1.82, 2.24) is 9.29 Å². The highest BCUT2D eigenvalue weighted by atomic mass is 32.2. The number of nitrogens with one attached hydrogen (secondary N) is 1. The van der Waals surface area contributed by atoms with Crippen molar-refractivity contribution in [1.29, 1.82) is 0 Å².